The summed E-state index contributed by atoms with van der Waals surface area (Å²) in [5, 5.41) is 20.9. The normalized spacial score (nSPS) is 11.8. The zero-order valence-corrected chi connectivity index (χ0v) is 14.4. The van der Waals surface area contributed by atoms with Crippen LogP contribution < -0.4 is 10.1 Å². The van der Waals surface area contributed by atoms with Crippen molar-refractivity contribution < 1.29 is 19.1 Å². The van der Waals surface area contributed by atoms with E-state index in [0.29, 0.717) is 23.3 Å². The van der Waals surface area contributed by atoms with Gasteiger partial charge in [-0.15, -0.1) is 0 Å². The first-order chi connectivity index (χ1) is 12.0. The SMILES string of the molecule is CC(C)C(CCO)NC(=O)c1occc1COc1cccc(C#N)c1. The Morgan fingerprint density at radius 2 is 2.20 bits per heavy atom. The summed E-state index contributed by atoms with van der Waals surface area (Å²) in [4.78, 5) is 12.4. The molecule has 1 aromatic carbocycles. The zero-order chi connectivity index (χ0) is 18.2. The maximum absolute atomic E-state index is 12.4. The minimum absolute atomic E-state index is 0.00643. The van der Waals surface area contributed by atoms with Gasteiger partial charge in [-0.05, 0) is 36.6 Å². The Labute approximate surface area is 147 Å². The molecule has 2 N–H and O–H groups in total. The van der Waals surface area contributed by atoms with E-state index in [9.17, 15) is 4.79 Å². The largest absolute Gasteiger partial charge is 0.489 e. The number of aliphatic hydroxyl groups excluding tert-OH is 1. The number of hydrogen-bond donors (Lipinski definition) is 2. The van der Waals surface area contributed by atoms with E-state index in [-0.39, 0.29) is 36.8 Å². The van der Waals surface area contributed by atoms with Crippen LogP contribution in [0.2, 0.25) is 0 Å². The zero-order valence-electron chi connectivity index (χ0n) is 14.4. The molecule has 0 bridgehead atoms. The molecule has 0 radical (unpaired) electrons. The molecule has 1 unspecified atom stereocenters. The highest BCUT2D eigenvalue weighted by molar-refractivity contribution is 5.93. The number of nitrogens with one attached hydrogen (secondary N) is 1. The third-order valence-corrected chi connectivity index (χ3v) is 3.87. The monoisotopic (exact) mass is 342 g/mol. The number of nitrogens with zero attached hydrogens (tertiary/aromatic N) is 1. The number of aliphatic hydroxyl groups is 1. The van der Waals surface area contributed by atoms with Crippen LogP contribution in [0.5, 0.6) is 5.75 Å². The van der Waals surface area contributed by atoms with E-state index in [1.54, 1.807) is 30.3 Å². The molecule has 2 aromatic rings. The number of rotatable bonds is 8. The van der Waals surface area contributed by atoms with Gasteiger partial charge < -0.3 is 19.6 Å². The standard InChI is InChI=1S/C19H22N2O4/c1-13(2)17(6-8-22)21-19(23)18-15(7-9-24-18)12-25-16-5-3-4-14(10-16)11-20/h3-5,7,9-10,13,17,22H,6,8,12H2,1-2H3,(H,21,23). The summed E-state index contributed by atoms with van der Waals surface area (Å²) in [7, 11) is 0. The average molecular weight is 342 g/mol. The number of carbonyl (C=O) groups is 1. The van der Waals surface area contributed by atoms with Crippen molar-refractivity contribution in [3.05, 3.63) is 53.5 Å². The van der Waals surface area contributed by atoms with Gasteiger partial charge in [0.05, 0.1) is 17.9 Å². The van der Waals surface area contributed by atoms with Gasteiger partial charge in [0.15, 0.2) is 5.76 Å². The highest BCUT2D eigenvalue weighted by Gasteiger charge is 2.21. The minimum atomic E-state index is -0.332. The second kappa shape index (κ2) is 8.90. The van der Waals surface area contributed by atoms with E-state index in [1.165, 1.54) is 6.26 Å². The fourth-order valence-electron chi connectivity index (χ4n) is 2.41. The number of benzene rings is 1. The summed E-state index contributed by atoms with van der Waals surface area (Å²) in [6, 6.07) is 10.4. The molecule has 2 rings (SSSR count). The van der Waals surface area contributed by atoms with Crippen LogP contribution in [0.3, 0.4) is 0 Å². The van der Waals surface area contributed by atoms with Crippen LogP contribution in [0.25, 0.3) is 0 Å². The lowest BCUT2D eigenvalue weighted by Gasteiger charge is -2.21. The Kier molecular flexibility index (Phi) is 6.61. The topological polar surface area (TPSA) is 95.5 Å². The second-order valence-electron chi connectivity index (χ2n) is 6.04. The summed E-state index contributed by atoms with van der Waals surface area (Å²) in [5.74, 6) is 0.605. The van der Waals surface area contributed by atoms with Gasteiger partial charge in [0.25, 0.3) is 5.91 Å². The molecule has 1 amide bonds. The van der Waals surface area contributed by atoms with Crippen molar-refractivity contribution in [2.24, 2.45) is 5.92 Å². The van der Waals surface area contributed by atoms with Crippen LogP contribution in [-0.2, 0) is 6.61 Å². The van der Waals surface area contributed by atoms with E-state index in [2.05, 4.69) is 11.4 Å². The Hall–Kier alpha value is -2.78. The summed E-state index contributed by atoms with van der Waals surface area (Å²) in [5.41, 5.74) is 1.12. The van der Waals surface area contributed by atoms with Crippen molar-refractivity contribution in [2.75, 3.05) is 6.61 Å². The smallest absolute Gasteiger partial charge is 0.287 e. The molecule has 0 aliphatic carbocycles. The molecule has 1 aromatic heterocycles. The van der Waals surface area contributed by atoms with Crippen LogP contribution in [0.4, 0.5) is 0 Å². The van der Waals surface area contributed by atoms with Gasteiger partial charge in [-0.2, -0.15) is 5.26 Å². The lowest BCUT2D eigenvalue weighted by Crippen LogP contribution is -2.39. The van der Waals surface area contributed by atoms with E-state index >= 15 is 0 Å². The summed E-state index contributed by atoms with van der Waals surface area (Å²) >= 11 is 0. The van der Waals surface area contributed by atoms with Crippen LogP contribution in [-0.4, -0.2) is 23.7 Å². The fraction of sp³-hybridized carbons (Fsp3) is 0.368. The molecule has 1 atom stereocenters. The lowest BCUT2D eigenvalue weighted by molar-refractivity contribution is 0.0885. The van der Waals surface area contributed by atoms with E-state index in [4.69, 9.17) is 19.5 Å². The fourth-order valence-corrected chi connectivity index (χ4v) is 2.41. The first-order valence-electron chi connectivity index (χ1n) is 8.16. The molecule has 1 heterocycles. The summed E-state index contributed by atoms with van der Waals surface area (Å²) < 4.78 is 11.0. The van der Waals surface area contributed by atoms with Gasteiger partial charge in [0.1, 0.15) is 12.4 Å². The van der Waals surface area contributed by atoms with E-state index < -0.39 is 0 Å². The molecule has 6 heteroatoms. The molecular formula is C19H22N2O4. The number of hydrogen-bond acceptors (Lipinski definition) is 5. The average Bonchev–Trinajstić information content (AvgIpc) is 3.08. The third kappa shape index (κ3) is 5.10. The lowest BCUT2D eigenvalue weighted by atomic mass is 10.0. The van der Waals surface area contributed by atoms with Gasteiger partial charge in [-0.25, -0.2) is 0 Å². The van der Waals surface area contributed by atoms with Gasteiger partial charge in [0, 0.05) is 18.2 Å². The van der Waals surface area contributed by atoms with Gasteiger partial charge in [0.2, 0.25) is 0 Å². The third-order valence-electron chi connectivity index (χ3n) is 3.87. The number of nitriles is 1. The first-order valence-corrected chi connectivity index (χ1v) is 8.16. The highest BCUT2D eigenvalue weighted by Crippen LogP contribution is 2.18. The van der Waals surface area contributed by atoms with Gasteiger partial charge >= 0.3 is 0 Å². The highest BCUT2D eigenvalue weighted by atomic mass is 16.5. The van der Waals surface area contributed by atoms with Crippen LogP contribution in [0.1, 0.15) is 41.9 Å². The van der Waals surface area contributed by atoms with E-state index in [1.807, 2.05) is 13.8 Å². The first kappa shape index (κ1) is 18.6. The molecule has 0 spiro atoms. The van der Waals surface area contributed by atoms with Crippen LogP contribution >= 0.6 is 0 Å². The molecule has 25 heavy (non-hydrogen) atoms. The molecule has 0 aliphatic heterocycles. The molecule has 6 nitrogen and oxygen atoms in total. The Balaban J connectivity index is 2.04. The quantitative estimate of drug-likeness (QED) is 0.769. The number of furan rings is 1. The molecule has 132 valence electrons. The maximum Gasteiger partial charge on any atom is 0.287 e. The van der Waals surface area contributed by atoms with Gasteiger partial charge in [-0.1, -0.05) is 19.9 Å². The summed E-state index contributed by atoms with van der Waals surface area (Å²) in [6.07, 6.45) is 1.92. The van der Waals surface area contributed by atoms with Crippen LogP contribution in [0.15, 0.2) is 41.0 Å². The molecule has 0 saturated heterocycles. The minimum Gasteiger partial charge on any atom is -0.489 e. The van der Waals surface area contributed by atoms with Crippen molar-refractivity contribution in [3.8, 4) is 11.8 Å². The predicted octanol–water partition coefficient (Wildman–Crippen LogP) is 2.87. The Morgan fingerprint density at radius 1 is 1.40 bits per heavy atom. The number of amides is 1. The van der Waals surface area contributed by atoms with Crippen molar-refractivity contribution in [1.82, 2.24) is 5.32 Å². The van der Waals surface area contributed by atoms with E-state index in [0.717, 1.165) is 0 Å². The Morgan fingerprint density at radius 3 is 2.88 bits per heavy atom. The number of carbonyl (C=O) groups excluding carboxylic acids is 1. The molecule has 0 aliphatic rings. The second-order valence-corrected chi connectivity index (χ2v) is 6.04. The van der Waals surface area contributed by atoms with Crippen LogP contribution in [0, 0.1) is 17.2 Å². The molecular weight excluding hydrogens is 320 g/mol. The van der Waals surface area contributed by atoms with Gasteiger partial charge in [-0.3, -0.25) is 4.79 Å². The van der Waals surface area contributed by atoms with Crippen molar-refractivity contribution >= 4 is 5.91 Å². The maximum atomic E-state index is 12.4. The van der Waals surface area contributed by atoms with Crippen molar-refractivity contribution in [3.63, 3.8) is 0 Å². The Bertz CT molecular complexity index is 746. The predicted molar refractivity (Wildman–Crippen MR) is 92.0 cm³/mol. The van der Waals surface area contributed by atoms with Crippen molar-refractivity contribution in [1.29, 1.82) is 5.26 Å². The number of ether oxygens (including phenoxy) is 1. The molecule has 0 saturated carbocycles. The summed E-state index contributed by atoms with van der Waals surface area (Å²) in [6.45, 7) is 4.12. The van der Waals surface area contributed by atoms with Crippen molar-refractivity contribution in [2.45, 2.75) is 32.9 Å². The molecule has 0 fully saturated rings.